The van der Waals surface area contributed by atoms with Gasteiger partial charge in [0.15, 0.2) is 5.65 Å². The molecule has 0 aliphatic carbocycles. The van der Waals surface area contributed by atoms with Gasteiger partial charge in [-0.15, -0.1) is 11.3 Å². The average molecular weight is 370 g/mol. The van der Waals surface area contributed by atoms with Crippen molar-refractivity contribution in [1.29, 1.82) is 0 Å². The number of nitrogens with zero attached hydrogens (tertiary/aromatic N) is 6. The molecule has 1 saturated heterocycles. The first-order chi connectivity index (χ1) is 12.6. The summed E-state index contributed by atoms with van der Waals surface area (Å²) in [6.07, 6.45) is 6.86. The minimum atomic E-state index is -0.0763. The van der Waals surface area contributed by atoms with Gasteiger partial charge in [0, 0.05) is 32.2 Å². The zero-order chi connectivity index (χ0) is 18.1. The standard InChI is InChI=1S/C18H22N6OS/c1-22(2)18(25)14-9-21-24-16(6-7-19-17(14)24)15-5-3-4-8-23(15)10-13-11-26-12-20-13/h6-7,9,11-12,15H,3-5,8,10H2,1-2H3/t15-/m1/s1. The molecule has 7 nitrogen and oxygen atoms in total. The van der Waals surface area contributed by atoms with Crippen molar-refractivity contribution in [2.45, 2.75) is 31.8 Å². The van der Waals surface area contributed by atoms with Crippen LogP contribution in [0.4, 0.5) is 0 Å². The van der Waals surface area contributed by atoms with Crippen molar-refractivity contribution in [2.24, 2.45) is 0 Å². The summed E-state index contributed by atoms with van der Waals surface area (Å²) < 4.78 is 1.83. The first-order valence-electron chi connectivity index (χ1n) is 8.80. The van der Waals surface area contributed by atoms with Gasteiger partial charge in [-0.05, 0) is 25.5 Å². The lowest BCUT2D eigenvalue weighted by Crippen LogP contribution is -2.34. The minimum Gasteiger partial charge on any atom is -0.345 e. The van der Waals surface area contributed by atoms with Gasteiger partial charge in [0.2, 0.25) is 0 Å². The molecule has 0 saturated carbocycles. The topological polar surface area (TPSA) is 66.6 Å². The quantitative estimate of drug-likeness (QED) is 0.706. The molecule has 0 bridgehead atoms. The molecule has 8 heteroatoms. The van der Waals surface area contributed by atoms with E-state index >= 15 is 0 Å². The van der Waals surface area contributed by atoms with Crippen molar-refractivity contribution >= 4 is 22.9 Å². The number of thiazole rings is 1. The Bertz CT molecular complexity index is 904. The fraction of sp³-hybridized carbons (Fsp3) is 0.444. The summed E-state index contributed by atoms with van der Waals surface area (Å²) in [6.45, 7) is 1.87. The number of carbonyl (C=O) groups is 1. The van der Waals surface area contributed by atoms with E-state index in [4.69, 9.17) is 0 Å². The number of carbonyl (C=O) groups excluding carboxylic acids is 1. The van der Waals surface area contributed by atoms with E-state index in [0.717, 1.165) is 30.9 Å². The number of hydrogen-bond acceptors (Lipinski definition) is 6. The molecular weight excluding hydrogens is 348 g/mol. The van der Waals surface area contributed by atoms with Crippen LogP contribution in [-0.2, 0) is 6.54 Å². The molecule has 0 radical (unpaired) electrons. The Kier molecular flexibility index (Phi) is 4.69. The molecule has 1 atom stereocenters. The molecule has 3 aromatic rings. The van der Waals surface area contributed by atoms with Crippen LogP contribution in [0.15, 0.2) is 29.4 Å². The molecule has 1 aliphatic rings. The predicted molar refractivity (Wildman–Crippen MR) is 100 cm³/mol. The average Bonchev–Trinajstić information content (AvgIpc) is 3.31. The lowest BCUT2D eigenvalue weighted by molar-refractivity contribution is 0.0829. The molecule has 1 fully saturated rings. The number of hydrogen-bond donors (Lipinski definition) is 0. The van der Waals surface area contributed by atoms with E-state index in [0.29, 0.717) is 11.2 Å². The van der Waals surface area contributed by atoms with Crippen LogP contribution in [-0.4, -0.2) is 55.9 Å². The molecule has 4 rings (SSSR count). The van der Waals surface area contributed by atoms with E-state index in [1.54, 1.807) is 42.7 Å². The van der Waals surface area contributed by atoms with Crippen molar-refractivity contribution in [2.75, 3.05) is 20.6 Å². The van der Waals surface area contributed by atoms with Gasteiger partial charge in [-0.1, -0.05) is 6.42 Å². The molecular formula is C18H22N6OS. The third-order valence-electron chi connectivity index (χ3n) is 4.87. The first kappa shape index (κ1) is 17.1. The van der Waals surface area contributed by atoms with E-state index in [1.807, 2.05) is 16.1 Å². The first-order valence-corrected chi connectivity index (χ1v) is 9.75. The Balaban J connectivity index is 1.71. The highest BCUT2D eigenvalue weighted by atomic mass is 32.1. The number of rotatable bonds is 4. The second-order valence-electron chi connectivity index (χ2n) is 6.82. The van der Waals surface area contributed by atoms with Crippen LogP contribution in [0.25, 0.3) is 5.65 Å². The van der Waals surface area contributed by atoms with Gasteiger partial charge < -0.3 is 4.90 Å². The molecule has 0 unspecified atom stereocenters. The number of amides is 1. The van der Waals surface area contributed by atoms with Crippen molar-refractivity contribution in [3.8, 4) is 0 Å². The predicted octanol–water partition coefficient (Wildman–Crippen LogP) is 2.61. The lowest BCUT2D eigenvalue weighted by atomic mass is 9.99. The summed E-state index contributed by atoms with van der Waals surface area (Å²) in [6, 6.07) is 2.27. The highest BCUT2D eigenvalue weighted by molar-refractivity contribution is 7.07. The number of aromatic nitrogens is 4. The maximum Gasteiger partial charge on any atom is 0.258 e. The molecule has 4 heterocycles. The highest BCUT2D eigenvalue weighted by Crippen LogP contribution is 2.32. The third-order valence-corrected chi connectivity index (χ3v) is 5.51. The summed E-state index contributed by atoms with van der Waals surface area (Å²) in [5.74, 6) is -0.0763. The second-order valence-corrected chi connectivity index (χ2v) is 7.54. The Labute approximate surface area is 156 Å². The molecule has 1 amide bonds. The number of likely N-dealkylation sites (tertiary alicyclic amines) is 1. The maximum atomic E-state index is 12.4. The fourth-order valence-corrected chi connectivity index (χ4v) is 4.14. The number of piperidine rings is 1. The van der Waals surface area contributed by atoms with E-state index in [1.165, 1.54) is 12.8 Å². The minimum absolute atomic E-state index is 0.0763. The van der Waals surface area contributed by atoms with Crippen molar-refractivity contribution < 1.29 is 4.79 Å². The SMILES string of the molecule is CN(C)C(=O)c1cnn2c([C@H]3CCCCN3Cc3cscn3)ccnc12. The Morgan fingerprint density at radius 1 is 1.35 bits per heavy atom. The van der Waals surface area contributed by atoms with Crippen LogP contribution in [0.3, 0.4) is 0 Å². The molecule has 0 spiro atoms. The van der Waals surface area contributed by atoms with Gasteiger partial charge in [-0.3, -0.25) is 9.69 Å². The Hall–Kier alpha value is -2.32. The summed E-state index contributed by atoms with van der Waals surface area (Å²) in [5, 5.41) is 6.60. The maximum absolute atomic E-state index is 12.4. The van der Waals surface area contributed by atoms with Crippen LogP contribution in [0.2, 0.25) is 0 Å². The van der Waals surface area contributed by atoms with Gasteiger partial charge in [-0.25, -0.2) is 14.5 Å². The zero-order valence-electron chi connectivity index (χ0n) is 15.0. The van der Waals surface area contributed by atoms with Gasteiger partial charge in [0.1, 0.15) is 5.56 Å². The molecule has 3 aromatic heterocycles. The molecule has 26 heavy (non-hydrogen) atoms. The van der Waals surface area contributed by atoms with Crippen molar-refractivity contribution in [3.63, 3.8) is 0 Å². The third kappa shape index (κ3) is 3.10. The monoisotopic (exact) mass is 370 g/mol. The van der Waals surface area contributed by atoms with E-state index < -0.39 is 0 Å². The fourth-order valence-electron chi connectivity index (χ4n) is 3.59. The number of fused-ring (bicyclic) bond motifs is 1. The van der Waals surface area contributed by atoms with Crippen LogP contribution in [0.5, 0.6) is 0 Å². The smallest absolute Gasteiger partial charge is 0.258 e. The summed E-state index contributed by atoms with van der Waals surface area (Å²) >= 11 is 1.63. The second kappa shape index (κ2) is 7.13. The van der Waals surface area contributed by atoms with Crippen LogP contribution >= 0.6 is 11.3 Å². The zero-order valence-corrected chi connectivity index (χ0v) is 15.8. The lowest BCUT2D eigenvalue weighted by Gasteiger charge is -2.35. The Morgan fingerprint density at radius 3 is 3.00 bits per heavy atom. The van der Waals surface area contributed by atoms with E-state index in [9.17, 15) is 4.79 Å². The summed E-state index contributed by atoms with van der Waals surface area (Å²) in [7, 11) is 3.48. The molecule has 0 N–H and O–H groups in total. The van der Waals surface area contributed by atoms with Crippen LogP contribution in [0.1, 0.15) is 47.1 Å². The summed E-state index contributed by atoms with van der Waals surface area (Å²) in [5.41, 5.74) is 5.24. The van der Waals surface area contributed by atoms with Crippen LogP contribution in [0, 0.1) is 0 Å². The van der Waals surface area contributed by atoms with Gasteiger partial charge in [-0.2, -0.15) is 5.10 Å². The summed E-state index contributed by atoms with van der Waals surface area (Å²) in [4.78, 5) is 25.3. The van der Waals surface area contributed by atoms with Gasteiger partial charge in [0.25, 0.3) is 5.91 Å². The molecule has 136 valence electrons. The van der Waals surface area contributed by atoms with Crippen molar-refractivity contribution in [1.82, 2.24) is 29.4 Å². The Morgan fingerprint density at radius 2 is 2.23 bits per heavy atom. The van der Waals surface area contributed by atoms with E-state index in [-0.39, 0.29) is 11.9 Å². The molecule has 0 aromatic carbocycles. The highest BCUT2D eigenvalue weighted by Gasteiger charge is 2.28. The van der Waals surface area contributed by atoms with Crippen LogP contribution < -0.4 is 0 Å². The van der Waals surface area contributed by atoms with Crippen molar-refractivity contribution in [3.05, 3.63) is 46.3 Å². The molecule has 1 aliphatic heterocycles. The largest absolute Gasteiger partial charge is 0.345 e. The van der Waals surface area contributed by atoms with Gasteiger partial charge in [0.05, 0.1) is 29.1 Å². The van der Waals surface area contributed by atoms with Gasteiger partial charge >= 0.3 is 0 Å². The van der Waals surface area contributed by atoms with E-state index in [2.05, 4.69) is 25.3 Å². The normalized spacial score (nSPS) is 18.3.